The standard InChI is InChI=1S/C28H37N3O5/c1-16-13-29-23(30-16)24(34)31-20-7-6-18(12-19(20)17-8-10-25(2,3)11-9-17)28(35)14-26(4)21(32)22(33)27(5,15-28)36-26/h6-8,12-13,21-22,32-33,35H,9-11,14-15H2,1-5H3,(H,29,30)(H,31,34)/t21-,22+,26+,27-,28+. The van der Waals surface area contributed by atoms with Gasteiger partial charge in [0.1, 0.15) is 12.2 Å². The van der Waals surface area contributed by atoms with E-state index in [4.69, 9.17) is 4.74 Å². The van der Waals surface area contributed by atoms with Crippen LogP contribution in [-0.4, -0.2) is 54.6 Å². The van der Waals surface area contributed by atoms with Gasteiger partial charge in [0, 0.05) is 30.3 Å². The third kappa shape index (κ3) is 4.20. The fourth-order valence-electron chi connectivity index (χ4n) is 6.27. The van der Waals surface area contributed by atoms with E-state index in [0.29, 0.717) is 11.3 Å². The Bertz CT molecular complexity index is 1210. The number of aliphatic hydroxyl groups is 3. The van der Waals surface area contributed by atoms with Crippen molar-refractivity contribution in [2.45, 2.75) is 95.7 Å². The van der Waals surface area contributed by atoms with Gasteiger partial charge in [-0.2, -0.15) is 0 Å². The molecule has 1 amide bonds. The summed E-state index contributed by atoms with van der Waals surface area (Å²) in [6, 6.07) is 5.59. The number of hydrogen-bond donors (Lipinski definition) is 5. The molecule has 3 heterocycles. The van der Waals surface area contributed by atoms with Crippen LogP contribution < -0.4 is 5.32 Å². The summed E-state index contributed by atoms with van der Waals surface area (Å²) in [6.45, 7) is 9.79. The van der Waals surface area contributed by atoms with Crippen molar-refractivity contribution in [1.29, 1.82) is 0 Å². The van der Waals surface area contributed by atoms with Gasteiger partial charge >= 0.3 is 0 Å². The molecule has 0 unspecified atom stereocenters. The molecule has 2 fully saturated rings. The van der Waals surface area contributed by atoms with E-state index in [1.807, 2.05) is 25.1 Å². The molecule has 5 N–H and O–H groups in total. The largest absolute Gasteiger partial charge is 0.387 e. The number of imidazole rings is 1. The number of ether oxygens (including phenoxy) is 1. The molecule has 36 heavy (non-hydrogen) atoms. The predicted octanol–water partition coefficient (Wildman–Crippen LogP) is 3.81. The Balaban J connectivity index is 1.54. The molecule has 8 heteroatoms. The number of nitrogens with zero attached hydrogens (tertiary/aromatic N) is 1. The molecule has 2 bridgehead atoms. The highest BCUT2D eigenvalue weighted by Crippen LogP contribution is 2.55. The third-order valence-electron chi connectivity index (χ3n) is 8.35. The lowest BCUT2D eigenvalue weighted by atomic mass is 9.74. The van der Waals surface area contributed by atoms with Crippen LogP contribution in [0, 0.1) is 12.3 Å². The summed E-state index contributed by atoms with van der Waals surface area (Å²) in [7, 11) is 0. The molecule has 0 radical (unpaired) electrons. The van der Waals surface area contributed by atoms with Gasteiger partial charge in [-0.15, -0.1) is 0 Å². The van der Waals surface area contributed by atoms with Crippen molar-refractivity contribution >= 4 is 17.2 Å². The Hall–Kier alpha value is -2.52. The number of H-pyrrole nitrogens is 1. The quantitative estimate of drug-likeness (QED) is 0.439. The summed E-state index contributed by atoms with van der Waals surface area (Å²) < 4.78 is 6.07. The smallest absolute Gasteiger partial charge is 0.291 e. The average Bonchev–Trinajstić information content (AvgIpc) is 3.28. The van der Waals surface area contributed by atoms with E-state index in [2.05, 4.69) is 35.2 Å². The van der Waals surface area contributed by atoms with E-state index in [0.717, 1.165) is 36.1 Å². The second-order valence-electron chi connectivity index (χ2n) is 12.2. The highest BCUT2D eigenvalue weighted by molar-refractivity contribution is 6.03. The minimum atomic E-state index is -1.32. The molecule has 2 saturated heterocycles. The number of nitrogens with one attached hydrogen (secondary N) is 2. The van der Waals surface area contributed by atoms with Crippen LogP contribution in [0.2, 0.25) is 0 Å². The first-order valence-corrected chi connectivity index (χ1v) is 12.7. The lowest BCUT2D eigenvalue weighted by molar-refractivity contribution is -0.215. The molecule has 5 rings (SSSR count). The molecule has 5 atom stereocenters. The van der Waals surface area contributed by atoms with Gasteiger partial charge < -0.3 is 30.4 Å². The van der Waals surface area contributed by atoms with Crippen LogP contribution in [-0.2, 0) is 10.3 Å². The van der Waals surface area contributed by atoms with E-state index in [1.165, 1.54) is 0 Å². The number of fused-ring (bicyclic) bond motifs is 2. The number of allylic oxidation sites excluding steroid dienone is 2. The van der Waals surface area contributed by atoms with Crippen molar-refractivity contribution in [2.24, 2.45) is 5.41 Å². The van der Waals surface area contributed by atoms with E-state index in [-0.39, 0.29) is 30.0 Å². The minimum Gasteiger partial charge on any atom is -0.387 e. The molecule has 0 spiro atoms. The Labute approximate surface area is 211 Å². The van der Waals surface area contributed by atoms with Gasteiger partial charge in [-0.3, -0.25) is 4.79 Å². The number of carbonyl (C=O) groups is 1. The molecule has 0 saturated carbocycles. The van der Waals surface area contributed by atoms with Gasteiger partial charge in [-0.05, 0) is 68.7 Å². The number of hydrogen-bond acceptors (Lipinski definition) is 6. The highest BCUT2D eigenvalue weighted by atomic mass is 16.6. The normalized spacial score (nSPS) is 35.4. The second-order valence-corrected chi connectivity index (χ2v) is 12.2. The van der Waals surface area contributed by atoms with E-state index in [1.54, 1.807) is 20.0 Å². The fraction of sp³-hybridized carbons (Fsp3) is 0.571. The van der Waals surface area contributed by atoms with E-state index < -0.39 is 29.0 Å². The topological polar surface area (TPSA) is 128 Å². The number of aromatic nitrogens is 2. The number of anilines is 1. The number of carbonyl (C=O) groups excluding carboxylic acids is 1. The van der Waals surface area contributed by atoms with Crippen LogP contribution in [0.5, 0.6) is 0 Å². The van der Waals surface area contributed by atoms with Crippen LogP contribution in [0.15, 0.2) is 30.5 Å². The van der Waals surface area contributed by atoms with E-state index in [9.17, 15) is 20.1 Å². The van der Waals surface area contributed by atoms with Crippen LogP contribution in [0.4, 0.5) is 5.69 Å². The number of benzene rings is 1. The number of aliphatic hydroxyl groups excluding tert-OH is 2. The summed E-state index contributed by atoms with van der Waals surface area (Å²) in [4.78, 5) is 20.1. The van der Waals surface area contributed by atoms with Crippen molar-refractivity contribution in [3.63, 3.8) is 0 Å². The zero-order chi connectivity index (χ0) is 26.1. The van der Waals surface area contributed by atoms with Crippen LogP contribution in [0.25, 0.3) is 5.57 Å². The average molecular weight is 496 g/mol. The summed E-state index contributed by atoms with van der Waals surface area (Å²) in [5.74, 6) is -0.0901. The lowest BCUT2D eigenvalue weighted by Gasteiger charge is -2.46. The zero-order valence-corrected chi connectivity index (χ0v) is 21.7. The van der Waals surface area contributed by atoms with Crippen molar-refractivity contribution < 1.29 is 24.9 Å². The second kappa shape index (κ2) is 8.25. The van der Waals surface area contributed by atoms with Gasteiger partial charge in [-0.25, -0.2) is 4.98 Å². The molecule has 2 aliphatic heterocycles. The SMILES string of the molecule is Cc1c[nH]c(C(=O)Nc2ccc([C@@]3(O)C[C@@]4(C)O[C@@](C)(C3)[C@H](O)[C@@H]4O)cc2C2=CCC(C)(C)CC2)n1. The molecule has 1 aliphatic carbocycles. The highest BCUT2D eigenvalue weighted by Gasteiger charge is 2.65. The van der Waals surface area contributed by atoms with Crippen molar-refractivity contribution in [3.8, 4) is 0 Å². The number of amides is 1. The monoisotopic (exact) mass is 495 g/mol. The van der Waals surface area contributed by atoms with Gasteiger partial charge in [0.05, 0.1) is 22.5 Å². The summed E-state index contributed by atoms with van der Waals surface area (Å²) in [5, 5.41) is 36.3. The van der Waals surface area contributed by atoms with Crippen LogP contribution in [0.3, 0.4) is 0 Å². The minimum absolute atomic E-state index is 0.150. The Morgan fingerprint density at radius 3 is 2.36 bits per heavy atom. The maximum atomic E-state index is 12.9. The summed E-state index contributed by atoms with van der Waals surface area (Å²) >= 11 is 0. The maximum absolute atomic E-state index is 12.9. The van der Waals surface area contributed by atoms with Crippen molar-refractivity contribution in [3.05, 3.63) is 53.1 Å². The Kier molecular flexibility index (Phi) is 5.76. The van der Waals surface area contributed by atoms with Gasteiger partial charge in [0.25, 0.3) is 5.91 Å². The van der Waals surface area contributed by atoms with Gasteiger partial charge in [0.15, 0.2) is 5.82 Å². The Morgan fingerprint density at radius 1 is 1.14 bits per heavy atom. The molecular formula is C28H37N3O5. The van der Waals surface area contributed by atoms with Crippen molar-refractivity contribution in [1.82, 2.24) is 9.97 Å². The fourth-order valence-corrected chi connectivity index (χ4v) is 6.27. The first-order valence-electron chi connectivity index (χ1n) is 12.7. The molecule has 2 aromatic rings. The van der Waals surface area contributed by atoms with Gasteiger partial charge in [0.2, 0.25) is 0 Å². The number of aryl methyl sites for hydroxylation is 1. The van der Waals surface area contributed by atoms with Gasteiger partial charge in [-0.1, -0.05) is 26.0 Å². The predicted molar refractivity (Wildman–Crippen MR) is 136 cm³/mol. The molecule has 3 aliphatic rings. The first kappa shape index (κ1) is 25.1. The molecule has 1 aromatic carbocycles. The molecule has 194 valence electrons. The zero-order valence-electron chi connectivity index (χ0n) is 21.7. The van der Waals surface area contributed by atoms with Crippen molar-refractivity contribution in [2.75, 3.05) is 5.32 Å². The molecule has 8 nitrogen and oxygen atoms in total. The maximum Gasteiger partial charge on any atom is 0.291 e. The molecule has 1 aromatic heterocycles. The number of rotatable bonds is 4. The number of aromatic amines is 1. The van der Waals surface area contributed by atoms with Crippen LogP contribution in [0.1, 0.15) is 87.2 Å². The van der Waals surface area contributed by atoms with E-state index >= 15 is 0 Å². The van der Waals surface area contributed by atoms with Crippen LogP contribution >= 0.6 is 0 Å². The Morgan fingerprint density at radius 2 is 1.81 bits per heavy atom. The first-order chi connectivity index (χ1) is 16.7. The third-order valence-corrected chi connectivity index (χ3v) is 8.35. The lowest BCUT2D eigenvalue weighted by Crippen LogP contribution is -2.51. The molecular weight excluding hydrogens is 458 g/mol. The summed E-state index contributed by atoms with van der Waals surface area (Å²) in [5.41, 5.74) is 0.807. The summed E-state index contributed by atoms with van der Waals surface area (Å²) in [6.07, 6.45) is 4.82.